The standard InChI is InChI=1S/C25H27N3O5/c1-4-16-9-11-18(12-10-16)27-14-17(13-21(27)29)23(31)33-15-22(30)28-20-8-6-5-7-19(20)26-24(32)25(28,2)3/h5-12,17H,4,13-15H2,1-3H3,(H,26,32)/t17-/m0/s1. The second-order valence-electron chi connectivity index (χ2n) is 8.79. The second-order valence-corrected chi connectivity index (χ2v) is 8.79. The lowest BCUT2D eigenvalue weighted by molar-refractivity contribution is -0.152. The van der Waals surface area contributed by atoms with Gasteiger partial charge in [0, 0.05) is 18.7 Å². The van der Waals surface area contributed by atoms with Crippen molar-refractivity contribution in [3.05, 3.63) is 54.1 Å². The molecule has 2 aliphatic heterocycles. The van der Waals surface area contributed by atoms with Crippen molar-refractivity contribution >= 4 is 40.8 Å². The van der Waals surface area contributed by atoms with Gasteiger partial charge < -0.3 is 15.0 Å². The molecule has 2 aromatic rings. The third-order valence-corrected chi connectivity index (χ3v) is 6.21. The lowest BCUT2D eigenvalue weighted by Gasteiger charge is -2.41. The number of nitrogens with zero attached hydrogens (tertiary/aromatic N) is 2. The normalized spacial score (nSPS) is 19.2. The zero-order chi connectivity index (χ0) is 23.8. The molecule has 0 unspecified atom stereocenters. The number of hydrogen-bond acceptors (Lipinski definition) is 5. The van der Waals surface area contributed by atoms with Gasteiger partial charge in [0.15, 0.2) is 6.61 Å². The summed E-state index contributed by atoms with van der Waals surface area (Å²) >= 11 is 0. The first kappa shape index (κ1) is 22.5. The lowest BCUT2D eigenvalue weighted by atomic mass is 9.96. The van der Waals surface area contributed by atoms with Crippen molar-refractivity contribution in [2.45, 2.75) is 39.2 Å². The Balaban J connectivity index is 1.42. The van der Waals surface area contributed by atoms with Gasteiger partial charge in [-0.2, -0.15) is 0 Å². The maximum absolute atomic E-state index is 13.0. The summed E-state index contributed by atoms with van der Waals surface area (Å²) in [6, 6.07) is 14.6. The Labute approximate surface area is 192 Å². The molecular formula is C25H27N3O5. The summed E-state index contributed by atoms with van der Waals surface area (Å²) in [6.45, 7) is 5.02. The first-order valence-corrected chi connectivity index (χ1v) is 11.0. The molecule has 1 atom stereocenters. The van der Waals surface area contributed by atoms with E-state index in [0.29, 0.717) is 11.4 Å². The van der Waals surface area contributed by atoms with Crippen LogP contribution in [0, 0.1) is 5.92 Å². The minimum atomic E-state index is -1.15. The molecule has 1 fully saturated rings. The molecular weight excluding hydrogens is 422 g/mol. The zero-order valence-electron chi connectivity index (χ0n) is 19.0. The highest BCUT2D eigenvalue weighted by Gasteiger charge is 2.44. The topological polar surface area (TPSA) is 96.0 Å². The number of fused-ring (bicyclic) bond motifs is 1. The van der Waals surface area contributed by atoms with Gasteiger partial charge in [0.25, 0.3) is 5.91 Å². The van der Waals surface area contributed by atoms with Gasteiger partial charge in [0.2, 0.25) is 11.8 Å². The first-order chi connectivity index (χ1) is 15.7. The fourth-order valence-corrected chi connectivity index (χ4v) is 4.24. The van der Waals surface area contributed by atoms with Crippen LogP contribution in [0.2, 0.25) is 0 Å². The Hall–Kier alpha value is -3.68. The smallest absolute Gasteiger partial charge is 0.311 e. The van der Waals surface area contributed by atoms with Crippen LogP contribution in [-0.4, -0.2) is 42.4 Å². The Bertz CT molecular complexity index is 1110. The molecule has 0 aromatic heterocycles. The Morgan fingerprint density at radius 3 is 2.48 bits per heavy atom. The molecule has 2 heterocycles. The number of aryl methyl sites for hydroxylation is 1. The third-order valence-electron chi connectivity index (χ3n) is 6.21. The molecule has 8 nitrogen and oxygen atoms in total. The first-order valence-electron chi connectivity index (χ1n) is 11.0. The summed E-state index contributed by atoms with van der Waals surface area (Å²) in [6.07, 6.45) is 0.931. The van der Waals surface area contributed by atoms with Crippen LogP contribution in [0.4, 0.5) is 17.1 Å². The number of benzene rings is 2. The van der Waals surface area contributed by atoms with E-state index >= 15 is 0 Å². The average Bonchev–Trinajstić information content (AvgIpc) is 3.19. The van der Waals surface area contributed by atoms with E-state index in [1.165, 1.54) is 4.90 Å². The van der Waals surface area contributed by atoms with Gasteiger partial charge in [-0.1, -0.05) is 31.2 Å². The van der Waals surface area contributed by atoms with Gasteiger partial charge >= 0.3 is 5.97 Å². The molecule has 8 heteroatoms. The molecule has 0 spiro atoms. The van der Waals surface area contributed by atoms with Crippen LogP contribution in [0.1, 0.15) is 32.8 Å². The van der Waals surface area contributed by atoms with Gasteiger partial charge in [-0.05, 0) is 50.1 Å². The largest absolute Gasteiger partial charge is 0.455 e. The lowest BCUT2D eigenvalue weighted by Crippen LogP contribution is -2.59. The van der Waals surface area contributed by atoms with Gasteiger partial charge in [0.05, 0.1) is 17.3 Å². The Kier molecular flexibility index (Phi) is 5.93. The highest BCUT2D eigenvalue weighted by molar-refractivity contribution is 6.14. The SMILES string of the molecule is CCc1ccc(N2C[C@@H](C(=O)OCC(=O)N3c4ccccc4NC(=O)C3(C)C)CC2=O)cc1. The van der Waals surface area contributed by atoms with Crippen LogP contribution < -0.4 is 15.1 Å². The predicted molar refractivity (Wildman–Crippen MR) is 124 cm³/mol. The third kappa shape index (κ3) is 4.20. The van der Waals surface area contributed by atoms with Crippen molar-refractivity contribution in [2.75, 3.05) is 28.3 Å². The van der Waals surface area contributed by atoms with Crippen LogP contribution in [-0.2, 0) is 30.3 Å². The predicted octanol–water partition coefficient (Wildman–Crippen LogP) is 2.91. The van der Waals surface area contributed by atoms with Gasteiger partial charge in [-0.15, -0.1) is 0 Å². The van der Waals surface area contributed by atoms with Crippen molar-refractivity contribution in [3.63, 3.8) is 0 Å². The highest BCUT2D eigenvalue weighted by atomic mass is 16.5. The number of anilines is 3. The summed E-state index contributed by atoms with van der Waals surface area (Å²) in [5, 5.41) is 2.79. The van der Waals surface area contributed by atoms with Crippen LogP contribution in [0.5, 0.6) is 0 Å². The average molecular weight is 450 g/mol. The molecule has 1 N–H and O–H groups in total. The number of carbonyl (C=O) groups is 4. The minimum absolute atomic E-state index is 0.0308. The molecule has 3 amide bonds. The van der Waals surface area contributed by atoms with Gasteiger partial charge in [-0.3, -0.25) is 24.1 Å². The fourth-order valence-electron chi connectivity index (χ4n) is 4.24. The van der Waals surface area contributed by atoms with E-state index in [4.69, 9.17) is 4.74 Å². The number of ether oxygens (including phenoxy) is 1. The number of para-hydroxylation sites is 2. The van der Waals surface area contributed by atoms with E-state index in [1.54, 1.807) is 43.0 Å². The Morgan fingerprint density at radius 1 is 1.09 bits per heavy atom. The molecule has 2 aliphatic rings. The van der Waals surface area contributed by atoms with Crippen molar-refractivity contribution in [1.29, 1.82) is 0 Å². The maximum atomic E-state index is 13.0. The number of amides is 3. The Morgan fingerprint density at radius 2 is 1.79 bits per heavy atom. The maximum Gasteiger partial charge on any atom is 0.311 e. The van der Waals surface area contributed by atoms with Crippen LogP contribution in [0.25, 0.3) is 0 Å². The van der Waals surface area contributed by atoms with E-state index < -0.39 is 29.9 Å². The molecule has 1 saturated heterocycles. The van der Waals surface area contributed by atoms with Crippen LogP contribution in [0.3, 0.4) is 0 Å². The second kappa shape index (κ2) is 8.69. The van der Waals surface area contributed by atoms with E-state index in [2.05, 4.69) is 12.2 Å². The monoisotopic (exact) mass is 449 g/mol. The van der Waals surface area contributed by atoms with E-state index in [0.717, 1.165) is 17.7 Å². The van der Waals surface area contributed by atoms with Crippen molar-refractivity contribution < 1.29 is 23.9 Å². The summed E-state index contributed by atoms with van der Waals surface area (Å²) in [4.78, 5) is 53.7. The van der Waals surface area contributed by atoms with Crippen molar-refractivity contribution in [3.8, 4) is 0 Å². The van der Waals surface area contributed by atoms with Crippen molar-refractivity contribution in [2.24, 2.45) is 5.92 Å². The molecule has 0 saturated carbocycles. The van der Waals surface area contributed by atoms with E-state index in [-0.39, 0.29) is 24.8 Å². The zero-order valence-corrected chi connectivity index (χ0v) is 19.0. The molecule has 0 bridgehead atoms. The quantitative estimate of drug-likeness (QED) is 0.708. The fraction of sp³-hybridized carbons (Fsp3) is 0.360. The van der Waals surface area contributed by atoms with Crippen molar-refractivity contribution in [1.82, 2.24) is 0 Å². The molecule has 2 aromatic carbocycles. The van der Waals surface area contributed by atoms with E-state index in [1.807, 2.05) is 24.3 Å². The molecule has 0 radical (unpaired) electrons. The van der Waals surface area contributed by atoms with Gasteiger partial charge in [-0.25, -0.2) is 0 Å². The van der Waals surface area contributed by atoms with Gasteiger partial charge in [0.1, 0.15) is 5.54 Å². The molecule has 4 rings (SSSR count). The van der Waals surface area contributed by atoms with Crippen LogP contribution >= 0.6 is 0 Å². The summed E-state index contributed by atoms with van der Waals surface area (Å²) in [5.74, 6) is -2.24. The number of nitrogens with one attached hydrogen (secondary N) is 1. The summed E-state index contributed by atoms with van der Waals surface area (Å²) in [5.41, 5.74) is 1.81. The number of carbonyl (C=O) groups excluding carboxylic acids is 4. The summed E-state index contributed by atoms with van der Waals surface area (Å²) < 4.78 is 5.31. The molecule has 0 aliphatic carbocycles. The molecule has 172 valence electrons. The number of hydrogen-bond donors (Lipinski definition) is 1. The minimum Gasteiger partial charge on any atom is -0.455 e. The van der Waals surface area contributed by atoms with E-state index in [9.17, 15) is 19.2 Å². The number of rotatable bonds is 5. The molecule has 33 heavy (non-hydrogen) atoms. The number of esters is 1. The highest BCUT2D eigenvalue weighted by Crippen LogP contribution is 2.36. The summed E-state index contributed by atoms with van der Waals surface area (Å²) in [7, 11) is 0. The van der Waals surface area contributed by atoms with Crippen LogP contribution in [0.15, 0.2) is 48.5 Å².